The van der Waals surface area contributed by atoms with Crippen LogP contribution in [0.1, 0.15) is 12.5 Å². The van der Waals surface area contributed by atoms with Crippen LogP contribution in [0.5, 0.6) is 5.75 Å². The zero-order valence-electron chi connectivity index (χ0n) is 11.7. The molecule has 1 aromatic carbocycles. The molecule has 0 bridgehead atoms. The summed E-state index contributed by atoms with van der Waals surface area (Å²) in [5.41, 5.74) is 1.74. The maximum absolute atomic E-state index is 11.6. The van der Waals surface area contributed by atoms with E-state index in [0.29, 0.717) is 15.0 Å². The number of carbonyl (C=O) groups excluding carboxylic acids is 1. The highest BCUT2D eigenvalue weighted by Gasteiger charge is 2.23. The molecule has 2 N–H and O–H groups in total. The fourth-order valence-electron chi connectivity index (χ4n) is 1.69. The van der Waals surface area contributed by atoms with Crippen LogP contribution in [0.15, 0.2) is 40.8 Å². The van der Waals surface area contributed by atoms with Gasteiger partial charge in [-0.3, -0.25) is 4.79 Å². The number of benzene rings is 1. The number of aliphatic carboxylic acids is 1. The van der Waals surface area contributed by atoms with Crippen LogP contribution in [-0.2, 0) is 9.59 Å². The molecule has 1 saturated heterocycles. The fraction of sp³-hybridized carbons (Fsp3) is 0.133. The number of hydrogen-bond donors (Lipinski definition) is 2. The van der Waals surface area contributed by atoms with Crippen molar-refractivity contribution in [3.05, 3.63) is 46.4 Å². The molecule has 2 rings (SSSR count). The summed E-state index contributed by atoms with van der Waals surface area (Å²) in [6, 6.07) is 6.99. The van der Waals surface area contributed by atoms with Crippen molar-refractivity contribution in [2.24, 2.45) is 0 Å². The minimum Gasteiger partial charge on any atom is -0.482 e. The molecule has 1 aromatic rings. The molecule has 0 radical (unpaired) electrons. The Morgan fingerprint density at radius 1 is 1.41 bits per heavy atom. The first-order valence-electron chi connectivity index (χ1n) is 6.32. The van der Waals surface area contributed by atoms with Crippen molar-refractivity contribution in [1.29, 1.82) is 0 Å². The normalized spacial score (nSPS) is 16.8. The summed E-state index contributed by atoms with van der Waals surface area (Å²) >= 11 is 6.20. The van der Waals surface area contributed by atoms with Crippen molar-refractivity contribution in [1.82, 2.24) is 5.32 Å². The van der Waals surface area contributed by atoms with Crippen LogP contribution >= 0.6 is 24.0 Å². The second kappa shape index (κ2) is 7.24. The Morgan fingerprint density at radius 3 is 2.64 bits per heavy atom. The van der Waals surface area contributed by atoms with Crippen LogP contribution < -0.4 is 10.1 Å². The molecule has 1 aliphatic heterocycles. The van der Waals surface area contributed by atoms with Gasteiger partial charge < -0.3 is 15.2 Å². The number of ether oxygens (including phenoxy) is 1. The molecule has 114 valence electrons. The number of thiocarbonyl (C=S) groups is 1. The van der Waals surface area contributed by atoms with Gasteiger partial charge in [0.05, 0.1) is 4.91 Å². The van der Waals surface area contributed by atoms with Gasteiger partial charge in [0.2, 0.25) is 0 Å². The molecule has 7 heteroatoms. The minimum absolute atomic E-state index is 0.172. The van der Waals surface area contributed by atoms with Crippen LogP contribution in [0.25, 0.3) is 6.08 Å². The van der Waals surface area contributed by atoms with E-state index >= 15 is 0 Å². The lowest BCUT2D eigenvalue weighted by atomic mass is 10.1. The first kappa shape index (κ1) is 16.3. The van der Waals surface area contributed by atoms with Gasteiger partial charge in [-0.25, -0.2) is 4.79 Å². The standard InChI is InChI=1S/C15H13NO4S2/c1-9(13-14(19)16-15(21)22-13)2-3-10-4-6-11(7-5-10)20-8-12(17)18/h2-7H,8H2,1H3,(H,17,18)(H,16,19,21). The molecular formula is C15H13NO4S2. The molecule has 0 saturated carbocycles. The molecule has 1 aliphatic rings. The smallest absolute Gasteiger partial charge is 0.341 e. The molecular weight excluding hydrogens is 322 g/mol. The van der Waals surface area contributed by atoms with E-state index < -0.39 is 5.97 Å². The number of allylic oxidation sites excluding steroid dienone is 2. The molecule has 5 nitrogen and oxygen atoms in total. The Labute approximate surface area is 137 Å². The van der Waals surface area contributed by atoms with Crippen LogP contribution in [0.4, 0.5) is 0 Å². The van der Waals surface area contributed by atoms with Gasteiger partial charge in [-0.2, -0.15) is 0 Å². The Balaban J connectivity index is 2.04. The number of nitrogens with one attached hydrogen (secondary N) is 1. The van der Waals surface area contributed by atoms with Crippen molar-refractivity contribution in [2.45, 2.75) is 6.92 Å². The highest BCUT2D eigenvalue weighted by atomic mass is 32.2. The van der Waals surface area contributed by atoms with Crippen LogP contribution in [0.2, 0.25) is 0 Å². The predicted octanol–water partition coefficient (Wildman–Crippen LogP) is 2.59. The van der Waals surface area contributed by atoms with Crippen LogP contribution in [-0.4, -0.2) is 27.9 Å². The third-order valence-corrected chi connectivity index (χ3v) is 4.09. The molecule has 0 aliphatic carbocycles. The number of amides is 1. The van der Waals surface area contributed by atoms with Crippen LogP contribution in [0.3, 0.4) is 0 Å². The molecule has 1 fully saturated rings. The summed E-state index contributed by atoms with van der Waals surface area (Å²) in [4.78, 5) is 22.6. The summed E-state index contributed by atoms with van der Waals surface area (Å²) in [6.07, 6.45) is 3.70. The fourth-order valence-corrected chi connectivity index (χ4v) is 2.74. The molecule has 1 amide bonds. The summed E-state index contributed by atoms with van der Waals surface area (Å²) in [7, 11) is 0. The van der Waals surface area contributed by atoms with E-state index in [2.05, 4.69) is 5.32 Å². The lowest BCUT2D eigenvalue weighted by Gasteiger charge is -2.03. The van der Waals surface area contributed by atoms with E-state index in [1.165, 1.54) is 11.8 Å². The van der Waals surface area contributed by atoms with Gasteiger partial charge in [0.1, 0.15) is 10.1 Å². The molecule has 1 heterocycles. The Morgan fingerprint density at radius 2 is 2.09 bits per heavy atom. The number of thioether (sulfide) groups is 1. The largest absolute Gasteiger partial charge is 0.482 e. The summed E-state index contributed by atoms with van der Waals surface area (Å²) < 4.78 is 5.52. The topological polar surface area (TPSA) is 75.6 Å². The summed E-state index contributed by atoms with van der Waals surface area (Å²) in [6.45, 7) is 1.48. The van der Waals surface area contributed by atoms with Crippen LogP contribution in [0, 0.1) is 0 Å². The first-order valence-corrected chi connectivity index (χ1v) is 7.55. The average molecular weight is 335 g/mol. The average Bonchev–Trinajstić information content (AvgIpc) is 2.82. The monoisotopic (exact) mass is 335 g/mol. The van der Waals surface area contributed by atoms with Gasteiger partial charge in [-0.05, 0) is 30.2 Å². The van der Waals surface area contributed by atoms with Crippen molar-refractivity contribution in [3.8, 4) is 5.75 Å². The highest BCUT2D eigenvalue weighted by Crippen LogP contribution is 2.27. The van der Waals surface area contributed by atoms with E-state index in [1.807, 2.05) is 19.1 Å². The minimum atomic E-state index is -1.02. The van der Waals surface area contributed by atoms with Gasteiger partial charge in [0.15, 0.2) is 6.61 Å². The lowest BCUT2D eigenvalue weighted by molar-refractivity contribution is -0.139. The zero-order valence-corrected chi connectivity index (χ0v) is 13.3. The molecule has 0 spiro atoms. The van der Waals surface area contributed by atoms with Gasteiger partial charge in [0, 0.05) is 0 Å². The maximum atomic E-state index is 11.6. The summed E-state index contributed by atoms with van der Waals surface area (Å²) in [5.74, 6) is -0.697. The van der Waals surface area contributed by atoms with Crippen molar-refractivity contribution in [3.63, 3.8) is 0 Å². The van der Waals surface area contributed by atoms with Gasteiger partial charge in [0.25, 0.3) is 5.91 Å². The predicted molar refractivity (Wildman–Crippen MR) is 89.6 cm³/mol. The first-order chi connectivity index (χ1) is 10.5. The number of rotatable bonds is 5. The van der Waals surface area contributed by atoms with E-state index in [0.717, 1.165) is 11.1 Å². The second-order valence-electron chi connectivity index (χ2n) is 4.44. The Kier molecular flexibility index (Phi) is 5.35. The van der Waals surface area contributed by atoms with Crippen molar-refractivity contribution < 1.29 is 19.4 Å². The van der Waals surface area contributed by atoms with E-state index in [9.17, 15) is 9.59 Å². The maximum Gasteiger partial charge on any atom is 0.341 e. The third-order valence-electron chi connectivity index (χ3n) is 2.74. The van der Waals surface area contributed by atoms with Gasteiger partial charge in [-0.1, -0.05) is 48.3 Å². The molecule has 0 atom stereocenters. The second-order valence-corrected chi connectivity index (χ2v) is 6.13. The number of hydrogen-bond acceptors (Lipinski definition) is 5. The third kappa shape index (κ3) is 4.44. The highest BCUT2D eigenvalue weighted by molar-refractivity contribution is 8.26. The Bertz CT molecular complexity index is 677. The van der Waals surface area contributed by atoms with Crippen molar-refractivity contribution in [2.75, 3.05) is 6.61 Å². The van der Waals surface area contributed by atoms with E-state index in [4.69, 9.17) is 22.1 Å². The SMILES string of the molecule is CC(C=Cc1ccc(OCC(=O)O)cc1)=C1SC(=S)NC1=O. The van der Waals surface area contributed by atoms with E-state index in [-0.39, 0.29) is 12.5 Å². The van der Waals surface area contributed by atoms with Crippen molar-refractivity contribution >= 4 is 46.3 Å². The quantitative estimate of drug-likeness (QED) is 0.636. The molecule has 22 heavy (non-hydrogen) atoms. The van der Waals surface area contributed by atoms with Gasteiger partial charge >= 0.3 is 5.97 Å². The number of carboxylic acids is 1. The van der Waals surface area contributed by atoms with Gasteiger partial charge in [-0.15, -0.1) is 0 Å². The summed E-state index contributed by atoms with van der Waals surface area (Å²) in [5, 5.41) is 11.1. The molecule has 0 aromatic heterocycles. The number of carbonyl (C=O) groups is 2. The lowest BCUT2D eigenvalue weighted by Crippen LogP contribution is -2.18. The zero-order chi connectivity index (χ0) is 16.1. The Hall–Kier alpha value is -2.12. The number of carboxylic acid groups (broad SMARTS) is 1. The molecule has 0 unspecified atom stereocenters. The van der Waals surface area contributed by atoms with E-state index in [1.54, 1.807) is 24.3 Å².